The molecule has 0 aromatic carbocycles. The van der Waals surface area contributed by atoms with Crippen LogP contribution in [0.25, 0.3) is 16.8 Å². The van der Waals surface area contributed by atoms with Crippen molar-refractivity contribution < 1.29 is 17.3 Å². The van der Waals surface area contributed by atoms with Crippen molar-refractivity contribution in [3.8, 4) is 11.3 Å². The molecule has 0 atom stereocenters. The number of nitrogens with zero attached hydrogens (tertiary/aromatic N) is 2. The lowest BCUT2D eigenvalue weighted by Crippen LogP contribution is -2.03. The molecule has 0 saturated heterocycles. The van der Waals surface area contributed by atoms with Crippen LogP contribution in [0.4, 0.5) is 0 Å². The van der Waals surface area contributed by atoms with Crippen LogP contribution in [0, 0.1) is 6.92 Å². The van der Waals surface area contributed by atoms with Crippen LogP contribution in [0.2, 0.25) is 0 Å². The molecule has 3 aromatic rings. The van der Waals surface area contributed by atoms with Gasteiger partial charge in [-0.2, -0.15) is 8.42 Å². The molecule has 3 heterocycles. The highest BCUT2D eigenvalue weighted by molar-refractivity contribution is 7.85. The third-order valence-corrected chi connectivity index (χ3v) is 4.55. The lowest BCUT2D eigenvalue weighted by molar-refractivity contribution is 0.134. The zero-order valence-electron chi connectivity index (χ0n) is 15.1. The predicted octanol–water partition coefficient (Wildman–Crippen LogP) is 3.32. The second kappa shape index (κ2) is 7.57. The van der Waals surface area contributed by atoms with E-state index in [9.17, 15) is 8.42 Å². The molecular weight excluding hydrogens is 352 g/mol. The summed E-state index contributed by atoms with van der Waals surface area (Å²) >= 11 is 0. The maximum absolute atomic E-state index is 11.2. The van der Waals surface area contributed by atoms with E-state index < -0.39 is 10.1 Å². The molecule has 0 unspecified atom stereocenters. The molecule has 138 valence electrons. The summed E-state index contributed by atoms with van der Waals surface area (Å²) < 4.78 is 35.0. The number of fused-ring (bicyclic) bond motifs is 1. The molecule has 0 aliphatic heterocycles. The Bertz CT molecular complexity index is 1010. The summed E-state index contributed by atoms with van der Waals surface area (Å²) in [6.07, 6.45) is 4.82. The van der Waals surface area contributed by atoms with Gasteiger partial charge in [0.1, 0.15) is 0 Å². The predicted molar refractivity (Wildman–Crippen MR) is 100 cm³/mol. The summed E-state index contributed by atoms with van der Waals surface area (Å²) in [5, 5.41) is 0. The second-order valence-corrected chi connectivity index (χ2v) is 7.78. The molecule has 3 rings (SSSR count). The fourth-order valence-electron chi connectivity index (χ4n) is 2.80. The van der Waals surface area contributed by atoms with E-state index in [0.29, 0.717) is 13.2 Å². The molecule has 6 nitrogen and oxygen atoms in total. The van der Waals surface area contributed by atoms with Gasteiger partial charge in [0.05, 0.1) is 25.2 Å². The second-order valence-electron chi connectivity index (χ2n) is 6.14. The van der Waals surface area contributed by atoms with Crippen LogP contribution in [0.15, 0.2) is 42.7 Å². The SMILES string of the molecule is CCOCc1cc2cc(COS(C)(=O)=O)ccn2c1-c1ccc(C)nc1. The van der Waals surface area contributed by atoms with Crippen LogP contribution in [-0.4, -0.2) is 30.7 Å². The van der Waals surface area contributed by atoms with Gasteiger partial charge in [-0.1, -0.05) is 0 Å². The maximum atomic E-state index is 11.2. The van der Waals surface area contributed by atoms with Crippen molar-refractivity contribution >= 4 is 15.6 Å². The number of hydrogen-bond acceptors (Lipinski definition) is 5. The van der Waals surface area contributed by atoms with E-state index in [2.05, 4.69) is 15.5 Å². The molecule has 0 aliphatic rings. The zero-order valence-corrected chi connectivity index (χ0v) is 15.9. The van der Waals surface area contributed by atoms with E-state index in [0.717, 1.165) is 39.9 Å². The molecule has 0 fully saturated rings. The smallest absolute Gasteiger partial charge is 0.264 e. The topological polar surface area (TPSA) is 69.9 Å². The third-order valence-electron chi connectivity index (χ3n) is 4.00. The first kappa shape index (κ1) is 18.6. The van der Waals surface area contributed by atoms with E-state index in [-0.39, 0.29) is 6.61 Å². The first-order valence-corrected chi connectivity index (χ1v) is 10.2. The maximum Gasteiger partial charge on any atom is 0.264 e. The monoisotopic (exact) mass is 374 g/mol. The molecule has 0 saturated carbocycles. The van der Waals surface area contributed by atoms with Gasteiger partial charge in [-0.25, -0.2) is 0 Å². The van der Waals surface area contributed by atoms with Gasteiger partial charge in [0.2, 0.25) is 0 Å². The number of aromatic nitrogens is 2. The van der Waals surface area contributed by atoms with Crippen molar-refractivity contribution in [3.05, 3.63) is 59.5 Å². The van der Waals surface area contributed by atoms with Crippen molar-refractivity contribution in [2.75, 3.05) is 12.9 Å². The average molecular weight is 374 g/mol. The van der Waals surface area contributed by atoms with Crippen molar-refractivity contribution in [1.82, 2.24) is 9.38 Å². The molecule has 0 spiro atoms. The van der Waals surface area contributed by atoms with Gasteiger partial charge >= 0.3 is 0 Å². The molecule has 0 amide bonds. The van der Waals surface area contributed by atoms with Crippen molar-refractivity contribution in [2.45, 2.75) is 27.1 Å². The van der Waals surface area contributed by atoms with Gasteiger partial charge in [-0.05, 0) is 49.7 Å². The van der Waals surface area contributed by atoms with Crippen LogP contribution in [0.3, 0.4) is 0 Å². The van der Waals surface area contributed by atoms with Crippen LogP contribution < -0.4 is 0 Å². The van der Waals surface area contributed by atoms with Gasteiger partial charge < -0.3 is 9.14 Å². The third kappa shape index (κ3) is 4.30. The highest BCUT2D eigenvalue weighted by atomic mass is 32.2. The Kier molecular flexibility index (Phi) is 5.41. The van der Waals surface area contributed by atoms with Gasteiger partial charge in [0, 0.05) is 41.3 Å². The fraction of sp³-hybridized carbons (Fsp3) is 0.316. The summed E-state index contributed by atoms with van der Waals surface area (Å²) in [7, 11) is -3.47. The number of ether oxygens (including phenoxy) is 1. The largest absolute Gasteiger partial charge is 0.377 e. The summed E-state index contributed by atoms with van der Waals surface area (Å²) in [5.74, 6) is 0. The highest BCUT2D eigenvalue weighted by Crippen LogP contribution is 2.29. The van der Waals surface area contributed by atoms with Crippen molar-refractivity contribution in [1.29, 1.82) is 0 Å². The Labute approximate surface area is 153 Å². The van der Waals surface area contributed by atoms with Crippen molar-refractivity contribution in [3.63, 3.8) is 0 Å². The molecule has 0 bridgehead atoms. The van der Waals surface area contributed by atoms with E-state index in [1.165, 1.54) is 0 Å². The summed E-state index contributed by atoms with van der Waals surface area (Å²) in [6, 6.07) is 9.85. The molecule has 7 heteroatoms. The molecule has 26 heavy (non-hydrogen) atoms. The Morgan fingerprint density at radius 1 is 1.15 bits per heavy atom. The Morgan fingerprint density at radius 3 is 2.62 bits per heavy atom. The normalized spacial score (nSPS) is 12.0. The molecule has 0 radical (unpaired) electrons. The minimum atomic E-state index is -3.47. The zero-order chi connectivity index (χ0) is 18.7. The first-order chi connectivity index (χ1) is 12.4. The molecule has 0 aliphatic carbocycles. The number of hydrogen-bond donors (Lipinski definition) is 0. The van der Waals surface area contributed by atoms with E-state index in [4.69, 9.17) is 8.92 Å². The average Bonchev–Trinajstić information content (AvgIpc) is 2.96. The lowest BCUT2D eigenvalue weighted by Gasteiger charge is -2.08. The van der Waals surface area contributed by atoms with Crippen LogP contribution in [0.5, 0.6) is 0 Å². The lowest BCUT2D eigenvalue weighted by atomic mass is 10.1. The summed E-state index contributed by atoms with van der Waals surface area (Å²) in [6.45, 7) is 5.06. The fourth-order valence-corrected chi connectivity index (χ4v) is 3.15. The first-order valence-electron chi connectivity index (χ1n) is 8.35. The van der Waals surface area contributed by atoms with Crippen LogP contribution >= 0.6 is 0 Å². The van der Waals surface area contributed by atoms with Gasteiger partial charge in [-0.15, -0.1) is 0 Å². The van der Waals surface area contributed by atoms with Gasteiger partial charge in [0.25, 0.3) is 10.1 Å². The Hall–Kier alpha value is -2.22. The minimum Gasteiger partial charge on any atom is -0.377 e. The highest BCUT2D eigenvalue weighted by Gasteiger charge is 2.14. The Balaban J connectivity index is 2.04. The Morgan fingerprint density at radius 2 is 1.96 bits per heavy atom. The summed E-state index contributed by atoms with van der Waals surface area (Å²) in [4.78, 5) is 4.40. The number of pyridine rings is 2. The summed E-state index contributed by atoms with van der Waals surface area (Å²) in [5.41, 5.74) is 5.78. The minimum absolute atomic E-state index is 0.0166. The molecule has 0 N–H and O–H groups in total. The van der Waals surface area contributed by atoms with E-state index >= 15 is 0 Å². The van der Waals surface area contributed by atoms with Gasteiger partial charge in [0.15, 0.2) is 0 Å². The van der Waals surface area contributed by atoms with E-state index in [1.807, 2.05) is 50.5 Å². The number of rotatable bonds is 7. The van der Waals surface area contributed by atoms with E-state index in [1.54, 1.807) is 0 Å². The van der Waals surface area contributed by atoms with Gasteiger partial charge in [-0.3, -0.25) is 9.17 Å². The molecule has 3 aromatic heterocycles. The van der Waals surface area contributed by atoms with Crippen molar-refractivity contribution in [2.24, 2.45) is 0 Å². The van der Waals surface area contributed by atoms with Crippen LogP contribution in [-0.2, 0) is 32.3 Å². The number of aryl methyl sites for hydroxylation is 1. The van der Waals surface area contributed by atoms with Crippen LogP contribution in [0.1, 0.15) is 23.7 Å². The standard InChI is InChI=1S/C19H22N2O4S/c1-4-24-13-17-10-18-9-15(12-25-26(3,22)23)7-8-21(18)19(17)16-6-5-14(2)20-11-16/h5-11H,4,12-13H2,1-3H3. The molecular formula is C19H22N2O4S. The quantitative estimate of drug-likeness (QED) is 0.593.